The van der Waals surface area contributed by atoms with Gasteiger partial charge in [-0.2, -0.15) is 0 Å². The lowest BCUT2D eigenvalue weighted by Gasteiger charge is -2.35. The van der Waals surface area contributed by atoms with Crippen LogP contribution in [0.3, 0.4) is 0 Å². The van der Waals surface area contributed by atoms with Crippen molar-refractivity contribution in [2.75, 3.05) is 19.8 Å². The molecule has 1 aromatic carbocycles. The average molecular weight is 511 g/mol. The van der Waals surface area contributed by atoms with Crippen molar-refractivity contribution in [2.45, 2.75) is 76.2 Å². The maximum absolute atomic E-state index is 13.7. The molecule has 1 aliphatic carbocycles. The van der Waals surface area contributed by atoms with Gasteiger partial charge in [0.1, 0.15) is 11.2 Å². The number of carbonyl (C=O) groups excluding carboxylic acids is 3. The standard InChI is InChI=1S/C28H34N2O5S/c1-2-18-9-11-19(12-10-18)22(31)17-35-25(32)14-13-24-29-27-26(21-7-3-4-8-23(21)36-27)28(33)30(24)16-20-6-5-15-34-20/h9-12,20,26-27H,2-8,13-17H2,1H3/t20-,26+,27+/m0/s1. The Bertz CT molecular complexity index is 1070. The van der Waals surface area contributed by atoms with Gasteiger partial charge >= 0.3 is 5.97 Å². The SMILES string of the molecule is CCc1ccc(C(=O)COC(=O)CCC2=N[C@@H]3SC4=C(CCCC4)[C@H]3C(=O)N2C[C@@H]2CCCO2)cc1. The fraction of sp³-hybridized carbons (Fsp3) is 0.571. The number of amides is 1. The van der Waals surface area contributed by atoms with Crippen LogP contribution in [0.1, 0.15) is 74.2 Å². The Kier molecular flexibility index (Phi) is 7.91. The number of thioether (sulfide) groups is 1. The predicted octanol–water partition coefficient (Wildman–Crippen LogP) is 4.69. The maximum atomic E-state index is 13.7. The molecule has 1 saturated heterocycles. The van der Waals surface area contributed by atoms with Crippen LogP contribution in [0.15, 0.2) is 39.7 Å². The summed E-state index contributed by atoms with van der Waals surface area (Å²) in [4.78, 5) is 46.7. The molecule has 192 valence electrons. The highest BCUT2D eigenvalue weighted by molar-refractivity contribution is 8.04. The first-order chi connectivity index (χ1) is 17.5. The Labute approximate surface area is 216 Å². The number of hydrogen-bond acceptors (Lipinski definition) is 7. The van der Waals surface area contributed by atoms with Gasteiger partial charge in [-0.15, -0.1) is 11.8 Å². The molecular weight excluding hydrogens is 476 g/mol. The van der Waals surface area contributed by atoms with Gasteiger partial charge in [0, 0.05) is 18.6 Å². The molecule has 3 heterocycles. The molecule has 0 N–H and O–H groups in total. The number of allylic oxidation sites excluding steroid dienone is 1. The van der Waals surface area contributed by atoms with Gasteiger partial charge in [-0.3, -0.25) is 24.3 Å². The second-order valence-electron chi connectivity index (χ2n) is 9.91. The molecule has 0 unspecified atom stereocenters. The molecule has 4 aliphatic rings. The van der Waals surface area contributed by atoms with E-state index in [0.717, 1.165) is 50.7 Å². The highest BCUT2D eigenvalue weighted by Gasteiger charge is 2.47. The van der Waals surface area contributed by atoms with Crippen molar-refractivity contribution in [2.24, 2.45) is 10.9 Å². The monoisotopic (exact) mass is 510 g/mol. The fourth-order valence-corrected chi connectivity index (χ4v) is 6.99. The highest BCUT2D eigenvalue weighted by Crippen LogP contribution is 2.51. The maximum Gasteiger partial charge on any atom is 0.306 e. The van der Waals surface area contributed by atoms with E-state index in [9.17, 15) is 14.4 Å². The van der Waals surface area contributed by atoms with Gasteiger partial charge in [0.25, 0.3) is 0 Å². The average Bonchev–Trinajstić information content (AvgIpc) is 3.55. The minimum absolute atomic E-state index is 0.00762. The predicted molar refractivity (Wildman–Crippen MR) is 139 cm³/mol. The lowest BCUT2D eigenvalue weighted by Crippen LogP contribution is -2.50. The molecule has 1 aromatic rings. The zero-order chi connectivity index (χ0) is 25.1. The van der Waals surface area contributed by atoms with E-state index in [1.165, 1.54) is 16.9 Å². The molecule has 0 bridgehead atoms. The molecule has 7 nitrogen and oxygen atoms in total. The van der Waals surface area contributed by atoms with Gasteiger partial charge in [-0.1, -0.05) is 31.2 Å². The Hall–Kier alpha value is -2.45. The van der Waals surface area contributed by atoms with Crippen LogP contribution in [0.2, 0.25) is 0 Å². The fourth-order valence-electron chi connectivity index (χ4n) is 5.46. The van der Waals surface area contributed by atoms with E-state index in [-0.39, 0.29) is 42.1 Å². The molecule has 3 aliphatic heterocycles. The smallest absolute Gasteiger partial charge is 0.306 e. The number of Topliss-reactive ketones (excluding diaryl/α,β-unsaturated/α-hetero) is 1. The quantitative estimate of drug-likeness (QED) is 0.354. The van der Waals surface area contributed by atoms with E-state index in [1.54, 1.807) is 28.8 Å². The molecule has 0 saturated carbocycles. The second-order valence-corrected chi connectivity index (χ2v) is 11.1. The Morgan fingerprint density at radius 3 is 2.72 bits per heavy atom. The minimum atomic E-state index is -0.459. The molecule has 0 radical (unpaired) electrons. The lowest BCUT2D eigenvalue weighted by atomic mass is 9.87. The van der Waals surface area contributed by atoms with Crippen LogP contribution in [0.4, 0.5) is 0 Å². The van der Waals surface area contributed by atoms with E-state index in [1.807, 2.05) is 12.1 Å². The molecule has 8 heteroatoms. The number of hydrogen-bond donors (Lipinski definition) is 0. The third kappa shape index (κ3) is 5.44. The Morgan fingerprint density at radius 1 is 1.17 bits per heavy atom. The molecule has 0 spiro atoms. The zero-order valence-electron chi connectivity index (χ0n) is 20.9. The summed E-state index contributed by atoms with van der Waals surface area (Å²) in [7, 11) is 0. The largest absolute Gasteiger partial charge is 0.457 e. The number of carbonyl (C=O) groups is 3. The second kappa shape index (κ2) is 11.3. The summed E-state index contributed by atoms with van der Waals surface area (Å²) in [5, 5.41) is -0.125. The van der Waals surface area contributed by atoms with Gasteiger partial charge < -0.3 is 9.47 Å². The lowest BCUT2D eigenvalue weighted by molar-refractivity contribution is -0.142. The van der Waals surface area contributed by atoms with Crippen molar-refractivity contribution >= 4 is 35.3 Å². The summed E-state index contributed by atoms with van der Waals surface area (Å²) in [6.45, 7) is 2.97. The normalized spacial score (nSPS) is 25.5. The summed E-state index contributed by atoms with van der Waals surface area (Å²) in [5.41, 5.74) is 2.97. The van der Waals surface area contributed by atoms with Crippen molar-refractivity contribution in [3.8, 4) is 0 Å². The van der Waals surface area contributed by atoms with Crippen LogP contribution >= 0.6 is 11.8 Å². The number of esters is 1. The third-order valence-corrected chi connectivity index (χ3v) is 8.88. The number of ketones is 1. The molecule has 36 heavy (non-hydrogen) atoms. The molecular formula is C28H34N2O5S. The van der Waals surface area contributed by atoms with Gasteiger partial charge in [-0.05, 0) is 61.0 Å². The van der Waals surface area contributed by atoms with Crippen molar-refractivity contribution in [1.29, 1.82) is 0 Å². The molecule has 1 fully saturated rings. The number of amidine groups is 1. The number of benzene rings is 1. The van der Waals surface area contributed by atoms with Crippen molar-refractivity contribution in [1.82, 2.24) is 4.90 Å². The molecule has 1 amide bonds. The Morgan fingerprint density at radius 2 is 1.97 bits per heavy atom. The summed E-state index contributed by atoms with van der Waals surface area (Å²) in [5.74, 6) is -0.127. The van der Waals surface area contributed by atoms with E-state index < -0.39 is 5.97 Å². The van der Waals surface area contributed by atoms with E-state index in [2.05, 4.69) is 6.92 Å². The van der Waals surface area contributed by atoms with Crippen molar-refractivity contribution in [3.63, 3.8) is 0 Å². The van der Waals surface area contributed by atoms with Crippen LogP contribution in [0.5, 0.6) is 0 Å². The van der Waals surface area contributed by atoms with Gasteiger partial charge in [0.2, 0.25) is 5.91 Å². The summed E-state index contributed by atoms with van der Waals surface area (Å²) in [6, 6.07) is 7.36. The molecule has 5 rings (SSSR count). The third-order valence-electron chi connectivity index (χ3n) is 7.51. The van der Waals surface area contributed by atoms with Crippen LogP contribution < -0.4 is 0 Å². The van der Waals surface area contributed by atoms with Crippen LogP contribution in [0, 0.1) is 5.92 Å². The van der Waals surface area contributed by atoms with Crippen LogP contribution in [-0.2, 0) is 25.5 Å². The van der Waals surface area contributed by atoms with Gasteiger partial charge in [0.15, 0.2) is 12.4 Å². The highest BCUT2D eigenvalue weighted by atomic mass is 32.2. The number of ether oxygens (including phenoxy) is 2. The number of nitrogens with zero attached hydrogens (tertiary/aromatic N) is 2. The summed E-state index contributed by atoms with van der Waals surface area (Å²) < 4.78 is 11.1. The van der Waals surface area contributed by atoms with Gasteiger partial charge in [-0.25, -0.2) is 0 Å². The van der Waals surface area contributed by atoms with Crippen LogP contribution in [-0.4, -0.2) is 59.6 Å². The van der Waals surface area contributed by atoms with Crippen LogP contribution in [0.25, 0.3) is 0 Å². The number of aryl methyl sites for hydroxylation is 1. The van der Waals surface area contributed by atoms with E-state index in [4.69, 9.17) is 14.5 Å². The Balaban J connectivity index is 1.22. The van der Waals surface area contributed by atoms with Gasteiger partial charge in [0.05, 0.1) is 25.0 Å². The molecule has 3 atom stereocenters. The first-order valence-corrected chi connectivity index (χ1v) is 14.1. The zero-order valence-corrected chi connectivity index (χ0v) is 21.7. The molecule has 0 aromatic heterocycles. The summed E-state index contributed by atoms with van der Waals surface area (Å²) >= 11 is 1.73. The van der Waals surface area contributed by atoms with E-state index >= 15 is 0 Å². The van der Waals surface area contributed by atoms with E-state index in [0.29, 0.717) is 24.4 Å². The minimum Gasteiger partial charge on any atom is -0.457 e. The number of aliphatic imine (C=N–C) groups is 1. The number of fused-ring (bicyclic) bond motifs is 2. The first-order valence-electron chi connectivity index (χ1n) is 13.2. The first kappa shape index (κ1) is 25.2. The number of rotatable bonds is 9. The summed E-state index contributed by atoms with van der Waals surface area (Å²) in [6.07, 6.45) is 7.54. The topological polar surface area (TPSA) is 85.3 Å². The van der Waals surface area contributed by atoms with Crippen molar-refractivity contribution in [3.05, 3.63) is 45.9 Å². The van der Waals surface area contributed by atoms with Crippen molar-refractivity contribution < 1.29 is 23.9 Å².